The van der Waals surface area contributed by atoms with Crippen molar-refractivity contribution >= 4 is 16.0 Å². The maximum absolute atomic E-state index is 13.3. The molecule has 6 nitrogen and oxygen atoms in total. The van der Waals surface area contributed by atoms with E-state index in [0.29, 0.717) is 5.56 Å². The molecule has 0 saturated carbocycles. The molecule has 2 aromatic carbocycles. The molecule has 0 spiro atoms. The van der Waals surface area contributed by atoms with Crippen LogP contribution in [0.15, 0.2) is 59.5 Å². The smallest absolute Gasteiger partial charge is 0.332 e. The zero-order chi connectivity index (χ0) is 18.9. The normalized spacial score (nSPS) is 23.7. The van der Waals surface area contributed by atoms with Crippen molar-refractivity contribution in [3.8, 4) is 0 Å². The van der Waals surface area contributed by atoms with Gasteiger partial charge < -0.3 is 9.84 Å². The Bertz CT molecular complexity index is 895. The highest BCUT2D eigenvalue weighted by atomic mass is 32.2. The van der Waals surface area contributed by atoms with Crippen LogP contribution in [-0.4, -0.2) is 43.6 Å². The summed E-state index contributed by atoms with van der Waals surface area (Å²) in [5, 5.41) is 10.3. The lowest BCUT2D eigenvalue weighted by Crippen LogP contribution is -2.51. The van der Waals surface area contributed by atoms with Crippen molar-refractivity contribution in [2.45, 2.75) is 29.9 Å². The van der Waals surface area contributed by atoms with E-state index in [4.69, 9.17) is 4.74 Å². The van der Waals surface area contributed by atoms with Crippen LogP contribution in [0.3, 0.4) is 0 Å². The first-order valence-electron chi connectivity index (χ1n) is 8.24. The van der Waals surface area contributed by atoms with Gasteiger partial charge in [-0.2, -0.15) is 4.31 Å². The molecule has 3 rings (SSSR count). The van der Waals surface area contributed by atoms with Gasteiger partial charge in [-0.1, -0.05) is 48.0 Å². The van der Waals surface area contributed by atoms with E-state index in [9.17, 15) is 18.3 Å². The predicted octanol–water partition coefficient (Wildman–Crippen LogP) is 1.82. The van der Waals surface area contributed by atoms with Crippen molar-refractivity contribution in [3.05, 3.63) is 65.7 Å². The molecule has 0 aromatic heterocycles. The van der Waals surface area contributed by atoms with Crippen LogP contribution in [0.5, 0.6) is 0 Å². The topological polar surface area (TPSA) is 83.9 Å². The Balaban J connectivity index is 2.20. The second kappa shape index (κ2) is 6.83. The minimum atomic E-state index is -4.03. The molecule has 1 heterocycles. The summed E-state index contributed by atoms with van der Waals surface area (Å²) in [6.45, 7) is 1.68. The highest BCUT2D eigenvalue weighted by molar-refractivity contribution is 7.89. The number of hydrogen-bond acceptors (Lipinski definition) is 5. The Morgan fingerprint density at radius 3 is 2.35 bits per heavy atom. The minimum absolute atomic E-state index is 0.0607. The van der Waals surface area contributed by atoms with Crippen LogP contribution in [0.2, 0.25) is 0 Å². The molecule has 0 amide bonds. The third-order valence-corrected chi connectivity index (χ3v) is 6.63. The van der Waals surface area contributed by atoms with Crippen molar-refractivity contribution in [2.75, 3.05) is 13.7 Å². The van der Waals surface area contributed by atoms with Gasteiger partial charge >= 0.3 is 5.97 Å². The molecule has 1 aliphatic heterocycles. The van der Waals surface area contributed by atoms with Crippen molar-refractivity contribution < 1.29 is 23.1 Å². The zero-order valence-electron chi connectivity index (χ0n) is 14.6. The summed E-state index contributed by atoms with van der Waals surface area (Å²) in [6, 6.07) is 15.0. The standard InChI is InChI=1S/C19H21NO5S/c1-14-8-10-17(11-9-14)26(23,24)20-13-16(21)12-19(20,18(22)25-2)15-6-4-3-5-7-15/h3-11,16,21H,12-13H2,1-2H3/t16-,19+/m1/s1. The number of aliphatic hydroxyl groups is 1. The third kappa shape index (κ3) is 2.92. The van der Waals surface area contributed by atoms with Gasteiger partial charge in [0, 0.05) is 13.0 Å². The quantitative estimate of drug-likeness (QED) is 0.824. The molecule has 2 atom stereocenters. The summed E-state index contributed by atoms with van der Waals surface area (Å²) in [5.74, 6) is -0.712. The molecule has 1 N–H and O–H groups in total. The zero-order valence-corrected chi connectivity index (χ0v) is 15.4. The number of aryl methyl sites for hydroxylation is 1. The van der Waals surface area contributed by atoms with Crippen LogP contribution in [0.25, 0.3) is 0 Å². The Labute approximate surface area is 153 Å². The summed E-state index contributed by atoms with van der Waals surface area (Å²) < 4.78 is 32.6. The Kier molecular flexibility index (Phi) is 4.88. The van der Waals surface area contributed by atoms with Crippen LogP contribution < -0.4 is 0 Å². The van der Waals surface area contributed by atoms with Crippen molar-refractivity contribution in [3.63, 3.8) is 0 Å². The first-order chi connectivity index (χ1) is 12.3. The van der Waals surface area contributed by atoms with Crippen LogP contribution >= 0.6 is 0 Å². The fourth-order valence-electron chi connectivity index (χ4n) is 3.44. The van der Waals surface area contributed by atoms with Gasteiger partial charge in [0.15, 0.2) is 5.54 Å². The molecule has 1 saturated heterocycles. The highest BCUT2D eigenvalue weighted by Gasteiger charge is 2.58. The third-order valence-electron chi connectivity index (χ3n) is 4.72. The molecule has 138 valence electrons. The lowest BCUT2D eigenvalue weighted by atomic mass is 9.88. The van der Waals surface area contributed by atoms with Crippen molar-refractivity contribution in [1.82, 2.24) is 4.31 Å². The Morgan fingerprint density at radius 1 is 1.15 bits per heavy atom. The van der Waals surface area contributed by atoms with Gasteiger partial charge in [0.05, 0.1) is 18.1 Å². The van der Waals surface area contributed by atoms with Crippen LogP contribution in [0.1, 0.15) is 17.5 Å². The molecule has 7 heteroatoms. The number of nitrogens with zero attached hydrogens (tertiary/aromatic N) is 1. The molecule has 1 aliphatic rings. The van der Waals surface area contributed by atoms with E-state index in [1.807, 2.05) is 6.92 Å². The second-order valence-corrected chi connectivity index (χ2v) is 8.29. The van der Waals surface area contributed by atoms with E-state index in [0.717, 1.165) is 9.87 Å². The molecule has 1 fully saturated rings. The molecule has 0 unspecified atom stereocenters. The van der Waals surface area contributed by atoms with E-state index >= 15 is 0 Å². The molecular weight excluding hydrogens is 354 g/mol. The van der Waals surface area contributed by atoms with E-state index < -0.39 is 27.6 Å². The second-order valence-electron chi connectivity index (χ2n) is 6.43. The maximum atomic E-state index is 13.3. The number of carbonyl (C=O) groups is 1. The first kappa shape index (κ1) is 18.6. The number of hydrogen-bond donors (Lipinski definition) is 1. The number of aliphatic hydroxyl groups excluding tert-OH is 1. The van der Waals surface area contributed by atoms with Gasteiger partial charge in [-0.25, -0.2) is 13.2 Å². The maximum Gasteiger partial charge on any atom is 0.332 e. The Morgan fingerprint density at radius 2 is 1.77 bits per heavy atom. The minimum Gasteiger partial charge on any atom is -0.467 e. The lowest BCUT2D eigenvalue weighted by Gasteiger charge is -2.35. The number of sulfonamides is 1. The van der Waals surface area contributed by atoms with Gasteiger partial charge in [0.25, 0.3) is 0 Å². The van der Waals surface area contributed by atoms with E-state index in [-0.39, 0.29) is 17.9 Å². The summed E-state index contributed by atoms with van der Waals surface area (Å²) in [5.41, 5.74) is -0.203. The van der Waals surface area contributed by atoms with Gasteiger partial charge in [0.2, 0.25) is 10.0 Å². The first-order valence-corrected chi connectivity index (χ1v) is 9.68. The monoisotopic (exact) mass is 375 g/mol. The number of rotatable bonds is 4. The van der Waals surface area contributed by atoms with Gasteiger partial charge in [0.1, 0.15) is 0 Å². The summed E-state index contributed by atoms with van der Waals surface area (Å²) in [4.78, 5) is 12.9. The number of carbonyl (C=O) groups excluding carboxylic acids is 1. The summed E-state index contributed by atoms with van der Waals surface area (Å²) in [6.07, 6.45) is -1.04. The van der Waals surface area contributed by atoms with Gasteiger partial charge in [-0.3, -0.25) is 0 Å². The number of methoxy groups -OCH3 is 1. The van der Waals surface area contributed by atoms with Crippen molar-refractivity contribution in [1.29, 1.82) is 0 Å². The number of β-amino-alcohol motifs (C(OH)–C–C–N with tert-alkyl or cyclic N) is 1. The molecular formula is C19H21NO5S. The lowest BCUT2D eigenvalue weighted by molar-refractivity contribution is -0.151. The van der Waals surface area contributed by atoms with Gasteiger partial charge in [-0.05, 0) is 24.6 Å². The molecule has 2 aromatic rings. The van der Waals surface area contributed by atoms with Gasteiger partial charge in [-0.15, -0.1) is 0 Å². The van der Waals surface area contributed by atoms with E-state index in [1.54, 1.807) is 42.5 Å². The number of esters is 1. The average molecular weight is 375 g/mol. The predicted molar refractivity (Wildman–Crippen MR) is 95.8 cm³/mol. The van der Waals surface area contributed by atoms with E-state index in [2.05, 4.69) is 0 Å². The number of ether oxygens (including phenoxy) is 1. The number of benzene rings is 2. The Hall–Kier alpha value is -2.22. The molecule has 0 aliphatic carbocycles. The van der Waals surface area contributed by atoms with Crippen molar-refractivity contribution in [2.24, 2.45) is 0 Å². The van der Waals surface area contributed by atoms with Crippen LogP contribution in [0, 0.1) is 6.92 Å². The van der Waals surface area contributed by atoms with E-state index in [1.165, 1.54) is 19.2 Å². The molecule has 0 bridgehead atoms. The molecule has 26 heavy (non-hydrogen) atoms. The summed E-state index contributed by atoms with van der Waals surface area (Å²) in [7, 11) is -2.81. The SMILES string of the molecule is COC(=O)[C@@]1(c2ccccc2)C[C@@H](O)CN1S(=O)(=O)c1ccc(C)cc1. The fraction of sp³-hybridized carbons (Fsp3) is 0.316. The van der Waals surface area contributed by atoms with Crippen LogP contribution in [-0.2, 0) is 25.1 Å². The highest BCUT2D eigenvalue weighted by Crippen LogP contribution is 2.43. The largest absolute Gasteiger partial charge is 0.467 e. The molecule has 0 radical (unpaired) electrons. The average Bonchev–Trinajstić information content (AvgIpc) is 3.01. The summed E-state index contributed by atoms with van der Waals surface area (Å²) >= 11 is 0. The van der Waals surface area contributed by atoms with Crippen LogP contribution in [0.4, 0.5) is 0 Å². The fourth-order valence-corrected chi connectivity index (χ4v) is 5.21.